The van der Waals surface area contributed by atoms with Gasteiger partial charge in [0.15, 0.2) is 21.4 Å². The third-order valence-electron chi connectivity index (χ3n) is 3.87. The number of hydrogen-bond donors (Lipinski definition) is 0. The molecule has 0 amide bonds. The van der Waals surface area contributed by atoms with Crippen molar-refractivity contribution >= 4 is 28.9 Å². The quantitative estimate of drug-likeness (QED) is 0.382. The van der Waals surface area contributed by atoms with E-state index in [1.807, 2.05) is 27.7 Å². The summed E-state index contributed by atoms with van der Waals surface area (Å²) in [5, 5.41) is 11.0. The molecular weight excluding hydrogens is 395 g/mol. The number of nitro groups is 1. The van der Waals surface area contributed by atoms with Crippen LogP contribution in [0, 0.1) is 10.1 Å². The number of halogens is 2. The van der Waals surface area contributed by atoms with Crippen molar-refractivity contribution in [2.45, 2.75) is 39.5 Å². The first kappa shape index (κ1) is 19.3. The van der Waals surface area contributed by atoms with Crippen LogP contribution in [-0.4, -0.2) is 19.9 Å². The third-order valence-corrected chi connectivity index (χ3v) is 4.59. The van der Waals surface area contributed by atoms with E-state index in [9.17, 15) is 10.1 Å². The van der Waals surface area contributed by atoms with Gasteiger partial charge in [0.05, 0.1) is 16.3 Å². The molecule has 142 valence electrons. The summed E-state index contributed by atoms with van der Waals surface area (Å²) in [4.78, 5) is 23.8. The lowest BCUT2D eigenvalue weighted by Gasteiger charge is -2.06. The van der Waals surface area contributed by atoms with Crippen molar-refractivity contribution in [2.75, 3.05) is 0 Å². The lowest BCUT2D eigenvalue weighted by Crippen LogP contribution is -2.00. The number of oxazole rings is 2. The minimum absolute atomic E-state index is 0.000960. The van der Waals surface area contributed by atoms with Crippen molar-refractivity contribution in [2.24, 2.45) is 0 Å². The largest absolute Gasteiger partial charge is 0.443 e. The average Bonchev–Trinajstić information content (AvgIpc) is 3.24. The van der Waals surface area contributed by atoms with Crippen molar-refractivity contribution in [1.29, 1.82) is 0 Å². The minimum Gasteiger partial charge on any atom is -0.443 e. The third kappa shape index (κ3) is 3.54. The molecule has 0 spiro atoms. The SMILES string of the molecule is CC(C)c1coc(-c2nc(-c3nc(C(C)C)co3)c(Cl)c([N+](=O)[O-])c2Cl)n1. The molecule has 0 N–H and O–H groups in total. The standard InChI is InChI=1S/C17H16Cl2N4O4/c1-7(2)9-5-26-16(20-9)13-11(18)15(23(24)25)12(19)14(22-13)17-21-10(6-27-17)8(3)4/h5-8H,1-4H3. The highest BCUT2D eigenvalue weighted by molar-refractivity contribution is 6.40. The molecule has 8 nitrogen and oxygen atoms in total. The van der Waals surface area contributed by atoms with E-state index in [1.54, 1.807) is 0 Å². The molecule has 0 radical (unpaired) electrons. The Hall–Kier alpha value is -2.45. The van der Waals surface area contributed by atoms with E-state index in [0.29, 0.717) is 11.4 Å². The van der Waals surface area contributed by atoms with Gasteiger partial charge in [0.1, 0.15) is 12.5 Å². The molecule has 0 aliphatic rings. The molecule has 3 rings (SSSR count). The van der Waals surface area contributed by atoms with Crippen LogP contribution in [-0.2, 0) is 0 Å². The van der Waals surface area contributed by atoms with Crippen LogP contribution >= 0.6 is 23.2 Å². The van der Waals surface area contributed by atoms with Gasteiger partial charge >= 0.3 is 5.69 Å². The van der Waals surface area contributed by atoms with Gasteiger partial charge in [-0.3, -0.25) is 10.1 Å². The lowest BCUT2D eigenvalue weighted by atomic mass is 10.2. The highest BCUT2D eigenvalue weighted by Crippen LogP contribution is 2.43. The molecule has 27 heavy (non-hydrogen) atoms. The number of hydrogen-bond acceptors (Lipinski definition) is 7. The summed E-state index contributed by atoms with van der Waals surface area (Å²) in [7, 11) is 0. The molecule has 0 aliphatic heterocycles. The molecule has 3 aromatic rings. The predicted octanol–water partition coefficient (Wildman–Crippen LogP) is 5.85. The Morgan fingerprint density at radius 1 is 0.889 bits per heavy atom. The van der Waals surface area contributed by atoms with Crippen LogP contribution < -0.4 is 0 Å². The average molecular weight is 411 g/mol. The van der Waals surface area contributed by atoms with Crippen molar-refractivity contribution in [1.82, 2.24) is 15.0 Å². The molecule has 10 heteroatoms. The Kier molecular flexibility index (Phi) is 5.21. The van der Waals surface area contributed by atoms with Gasteiger partial charge in [-0.15, -0.1) is 0 Å². The molecule has 0 atom stereocenters. The Morgan fingerprint density at radius 2 is 1.30 bits per heavy atom. The van der Waals surface area contributed by atoms with Crippen molar-refractivity contribution in [3.05, 3.63) is 44.1 Å². The fraction of sp³-hybridized carbons (Fsp3) is 0.353. The fourth-order valence-corrected chi connectivity index (χ4v) is 2.92. The van der Waals surface area contributed by atoms with Crippen LogP contribution in [0.25, 0.3) is 23.2 Å². The molecule has 0 bridgehead atoms. The van der Waals surface area contributed by atoms with Crippen LogP contribution in [0.3, 0.4) is 0 Å². The van der Waals surface area contributed by atoms with Crippen LogP contribution in [0.4, 0.5) is 5.69 Å². The lowest BCUT2D eigenvalue weighted by molar-refractivity contribution is -0.384. The van der Waals surface area contributed by atoms with Gasteiger partial charge < -0.3 is 8.83 Å². The first-order valence-corrected chi connectivity index (χ1v) is 8.91. The zero-order chi connectivity index (χ0) is 19.9. The zero-order valence-electron chi connectivity index (χ0n) is 15.0. The number of rotatable bonds is 5. The summed E-state index contributed by atoms with van der Waals surface area (Å²) in [6, 6.07) is 0. The van der Waals surface area contributed by atoms with E-state index in [4.69, 9.17) is 32.0 Å². The van der Waals surface area contributed by atoms with Gasteiger partial charge in [0, 0.05) is 0 Å². The smallest absolute Gasteiger partial charge is 0.311 e. The summed E-state index contributed by atoms with van der Waals surface area (Å²) >= 11 is 12.4. The van der Waals surface area contributed by atoms with Crippen LogP contribution in [0.1, 0.15) is 50.9 Å². The first-order valence-electron chi connectivity index (χ1n) is 8.15. The van der Waals surface area contributed by atoms with E-state index in [2.05, 4.69) is 15.0 Å². The molecule has 0 saturated heterocycles. The summed E-state index contributed by atoms with van der Waals surface area (Å²) in [5.74, 6) is 0.312. The monoisotopic (exact) mass is 410 g/mol. The second kappa shape index (κ2) is 7.28. The maximum absolute atomic E-state index is 11.5. The zero-order valence-corrected chi connectivity index (χ0v) is 16.5. The molecule has 3 heterocycles. The normalized spacial score (nSPS) is 11.6. The topological polar surface area (TPSA) is 108 Å². The molecular formula is C17H16Cl2N4O4. The van der Waals surface area contributed by atoms with E-state index in [0.717, 1.165) is 0 Å². The van der Waals surface area contributed by atoms with Gasteiger partial charge in [0.2, 0.25) is 11.8 Å². The Labute approximate surface area is 164 Å². The highest BCUT2D eigenvalue weighted by Gasteiger charge is 2.31. The highest BCUT2D eigenvalue weighted by atomic mass is 35.5. The molecule has 0 fully saturated rings. The van der Waals surface area contributed by atoms with Crippen LogP contribution in [0.5, 0.6) is 0 Å². The summed E-state index contributed by atoms with van der Waals surface area (Å²) < 4.78 is 10.9. The van der Waals surface area contributed by atoms with Gasteiger partial charge in [-0.2, -0.15) is 0 Å². The summed E-state index contributed by atoms with van der Waals surface area (Å²) in [5.41, 5.74) is 0.824. The second-order valence-corrected chi connectivity index (χ2v) is 7.26. The van der Waals surface area contributed by atoms with E-state index >= 15 is 0 Å². The van der Waals surface area contributed by atoms with Gasteiger partial charge in [0.25, 0.3) is 0 Å². The number of pyridine rings is 1. The maximum atomic E-state index is 11.5. The molecule has 0 unspecified atom stereocenters. The number of nitrogens with zero attached hydrogens (tertiary/aromatic N) is 4. The van der Waals surface area contributed by atoms with Gasteiger partial charge in [-0.05, 0) is 11.8 Å². The molecule has 0 saturated carbocycles. The Balaban J connectivity index is 2.24. The van der Waals surface area contributed by atoms with Gasteiger partial charge in [-0.25, -0.2) is 15.0 Å². The van der Waals surface area contributed by atoms with E-state index < -0.39 is 10.6 Å². The van der Waals surface area contributed by atoms with Crippen molar-refractivity contribution in [3.8, 4) is 23.2 Å². The first-order chi connectivity index (χ1) is 12.7. The Morgan fingerprint density at radius 3 is 1.59 bits per heavy atom. The fourth-order valence-electron chi connectivity index (χ4n) is 2.29. The van der Waals surface area contributed by atoms with E-state index in [-0.39, 0.29) is 45.1 Å². The van der Waals surface area contributed by atoms with Crippen molar-refractivity contribution < 1.29 is 13.8 Å². The van der Waals surface area contributed by atoms with Crippen molar-refractivity contribution in [3.63, 3.8) is 0 Å². The van der Waals surface area contributed by atoms with E-state index in [1.165, 1.54) is 12.5 Å². The predicted molar refractivity (Wildman–Crippen MR) is 100 cm³/mol. The Bertz CT molecular complexity index is 940. The second-order valence-electron chi connectivity index (χ2n) is 6.51. The van der Waals surface area contributed by atoms with Crippen LogP contribution in [0.2, 0.25) is 10.0 Å². The summed E-state index contributed by atoms with van der Waals surface area (Å²) in [6.45, 7) is 7.75. The van der Waals surface area contributed by atoms with Gasteiger partial charge in [-0.1, -0.05) is 50.9 Å². The minimum atomic E-state index is -0.683. The molecule has 0 aliphatic carbocycles. The van der Waals surface area contributed by atoms with Crippen LogP contribution in [0.15, 0.2) is 21.4 Å². The maximum Gasteiger partial charge on any atom is 0.311 e. The molecule has 0 aromatic carbocycles. The summed E-state index contributed by atoms with van der Waals surface area (Å²) in [6.07, 6.45) is 2.92. The number of aromatic nitrogens is 3. The molecule has 3 aromatic heterocycles.